The first-order valence-electron chi connectivity index (χ1n) is 10.1. The third-order valence-corrected chi connectivity index (χ3v) is 5.99. The first kappa shape index (κ1) is 19.7. The highest BCUT2D eigenvalue weighted by molar-refractivity contribution is 6.30. The molecule has 2 aromatic heterocycles. The SMILES string of the molecule is CCC(=O)N1CC[C@@H](c2ccnc3c(CN(C)c4cccc(Cl)c4)c(C)nn23)C1. The van der Waals surface area contributed by atoms with Crippen molar-refractivity contribution >= 4 is 28.8 Å². The molecule has 3 aromatic rings. The number of anilines is 1. The Morgan fingerprint density at radius 3 is 2.93 bits per heavy atom. The number of aryl methyl sites for hydroxylation is 1. The van der Waals surface area contributed by atoms with E-state index in [-0.39, 0.29) is 11.8 Å². The first-order chi connectivity index (χ1) is 14.0. The summed E-state index contributed by atoms with van der Waals surface area (Å²) in [5, 5.41) is 5.53. The summed E-state index contributed by atoms with van der Waals surface area (Å²) in [6, 6.07) is 9.87. The van der Waals surface area contributed by atoms with Crippen LogP contribution in [0.3, 0.4) is 0 Å². The molecule has 7 heteroatoms. The van der Waals surface area contributed by atoms with Crippen LogP contribution in [0.5, 0.6) is 0 Å². The molecule has 6 nitrogen and oxygen atoms in total. The van der Waals surface area contributed by atoms with Crippen LogP contribution in [0.1, 0.15) is 42.6 Å². The summed E-state index contributed by atoms with van der Waals surface area (Å²) >= 11 is 6.15. The van der Waals surface area contributed by atoms with E-state index in [1.54, 1.807) is 0 Å². The molecular weight excluding hydrogens is 386 g/mol. The van der Waals surface area contributed by atoms with E-state index in [4.69, 9.17) is 16.7 Å². The summed E-state index contributed by atoms with van der Waals surface area (Å²) in [4.78, 5) is 20.8. The topological polar surface area (TPSA) is 53.7 Å². The van der Waals surface area contributed by atoms with Crippen LogP contribution in [-0.4, -0.2) is 45.5 Å². The van der Waals surface area contributed by atoms with Crippen molar-refractivity contribution in [2.75, 3.05) is 25.0 Å². The number of fused-ring (bicyclic) bond motifs is 1. The van der Waals surface area contributed by atoms with E-state index in [0.29, 0.717) is 13.0 Å². The number of nitrogens with zero attached hydrogens (tertiary/aromatic N) is 5. The normalized spacial score (nSPS) is 16.6. The van der Waals surface area contributed by atoms with Crippen molar-refractivity contribution < 1.29 is 4.79 Å². The van der Waals surface area contributed by atoms with Crippen molar-refractivity contribution in [1.29, 1.82) is 0 Å². The van der Waals surface area contributed by atoms with Gasteiger partial charge < -0.3 is 9.80 Å². The van der Waals surface area contributed by atoms with Gasteiger partial charge in [-0.2, -0.15) is 5.10 Å². The van der Waals surface area contributed by atoms with Gasteiger partial charge in [0.25, 0.3) is 0 Å². The molecule has 1 aromatic carbocycles. The Kier molecular flexibility index (Phi) is 5.46. The fourth-order valence-electron chi connectivity index (χ4n) is 4.10. The lowest BCUT2D eigenvalue weighted by atomic mass is 10.0. The van der Waals surface area contributed by atoms with Crippen molar-refractivity contribution in [3.63, 3.8) is 0 Å². The standard InChI is InChI=1S/C22H26ClN5O/c1-4-21(29)27-11-9-16(13-27)20-8-10-24-22-19(15(2)25-28(20)22)14-26(3)18-7-5-6-17(23)12-18/h5-8,10,12,16H,4,9,11,13-14H2,1-3H3/t16-/m1/s1. The van der Waals surface area contributed by atoms with Gasteiger partial charge in [0.15, 0.2) is 5.65 Å². The maximum Gasteiger partial charge on any atom is 0.222 e. The Morgan fingerprint density at radius 2 is 2.17 bits per heavy atom. The van der Waals surface area contributed by atoms with E-state index in [2.05, 4.69) is 9.88 Å². The molecule has 0 radical (unpaired) electrons. The number of likely N-dealkylation sites (tertiary alicyclic amines) is 1. The highest BCUT2D eigenvalue weighted by Crippen LogP contribution is 2.29. The molecular formula is C22H26ClN5O. The number of hydrogen-bond donors (Lipinski definition) is 0. The summed E-state index contributed by atoms with van der Waals surface area (Å²) < 4.78 is 1.97. The maximum absolute atomic E-state index is 12.1. The largest absolute Gasteiger partial charge is 0.370 e. The number of carbonyl (C=O) groups excluding carboxylic acids is 1. The number of rotatable bonds is 5. The van der Waals surface area contributed by atoms with Crippen molar-refractivity contribution in [3.05, 3.63) is 58.5 Å². The highest BCUT2D eigenvalue weighted by Gasteiger charge is 2.29. The average Bonchev–Trinajstić information content (AvgIpc) is 3.32. The van der Waals surface area contributed by atoms with Gasteiger partial charge in [0, 0.05) is 61.5 Å². The Labute approximate surface area is 176 Å². The number of aromatic nitrogens is 3. The minimum absolute atomic E-state index is 0.221. The van der Waals surface area contributed by atoms with Gasteiger partial charge in [0.2, 0.25) is 5.91 Å². The zero-order valence-corrected chi connectivity index (χ0v) is 17.9. The van der Waals surface area contributed by atoms with Gasteiger partial charge in [0.05, 0.1) is 11.4 Å². The van der Waals surface area contributed by atoms with Gasteiger partial charge in [0.1, 0.15) is 0 Å². The van der Waals surface area contributed by atoms with Gasteiger partial charge in [-0.25, -0.2) is 9.50 Å². The van der Waals surface area contributed by atoms with Gasteiger partial charge in [-0.3, -0.25) is 4.79 Å². The number of hydrogen-bond acceptors (Lipinski definition) is 4. The van der Waals surface area contributed by atoms with Crippen molar-refractivity contribution in [3.8, 4) is 0 Å². The minimum Gasteiger partial charge on any atom is -0.370 e. The number of amides is 1. The zero-order chi connectivity index (χ0) is 20.5. The third kappa shape index (κ3) is 3.81. The fraction of sp³-hybridized carbons (Fsp3) is 0.409. The summed E-state index contributed by atoms with van der Waals surface area (Å²) in [6.45, 7) is 6.20. The van der Waals surface area contributed by atoms with Crippen LogP contribution in [0, 0.1) is 6.92 Å². The minimum atomic E-state index is 0.221. The van der Waals surface area contributed by atoms with Gasteiger partial charge in [-0.05, 0) is 37.6 Å². The van der Waals surface area contributed by atoms with Crippen LogP contribution in [0.2, 0.25) is 5.02 Å². The second kappa shape index (κ2) is 8.03. The molecule has 0 N–H and O–H groups in total. The van der Waals surface area contributed by atoms with E-state index < -0.39 is 0 Å². The Bertz CT molecular complexity index is 1050. The monoisotopic (exact) mass is 411 g/mol. The van der Waals surface area contributed by atoms with Gasteiger partial charge >= 0.3 is 0 Å². The fourth-order valence-corrected chi connectivity index (χ4v) is 4.29. The van der Waals surface area contributed by atoms with Crippen LogP contribution >= 0.6 is 11.6 Å². The number of benzene rings is 1. The zero-order valence-electron chi connectivity index (χ0n) is 17.1. The predicted molar refractivity (Wildman–Crippen MR) is 116 cm³/mol. The quantitative estimate of drug-likeness (QED) is 0.635. The predicted octanol–water partition coefficient (Wildman–Crippen LogP) is 4.05. The molecule has 0 saturated carbocycles. The number of halogens is 1. The Hall–Kier alpha value is -2.60. The summed E-state index contributed by atoms with van der Waals surface area (Å²) in [6.07, 6.45) is 3.37. The smallest absolute Gasteiger partial charge is 0.222 e. The highest BCUT2D eigenvalue weighted by atomic mass is 35.5. The van der Waals surface area contributed by atoms with Crippen LogP contribution in [0.25, 0.3) is 5.65 Å². The molecule has 1 amide bonds. The molecule has 4 rings (SSSR count). The Balaban J connectivity index is 1.63. The molecule has 3 heterocycles. The van der Waals surface area contributed by atoms with Crippen molar-refractivity contribution in [2.24, 2.45) is 0 Å². The first-order valence-corrected chi connectivity index (χ1v) is 10.4. The summed E-state index contributed by atoms with van der Waals surface area (Å²) in [5.41, 5.74) is 5.14. The molecule has 0 aliphatic carbocycles. The lowest BCUT2D eigenvalue weighted by Crippen LogP contribution is -2.27. The lowest BCUT2D eigenvalue weighted by Gasteiger charge is -2.19. The summed E-state index contributed by atoms with van der Waals surface area (Å²) in [5.74, 6) is 0.507. The van der Waals surface area contributed by atoms with Crippen LogP contribution in [-0.2, 0) is 11.3 Å². The van der Waals surface area contributed by atoms with Crippen molar-refractivity contribution in [1.82, 2.24) is 19.5 Å². The molecule has 1 fully saturated rings. The molecule has 152 valence electrons. The van der Waals surface area contributed by atoms with Gasteiger partial charge in [-0.15, -0.1) is 0 Å². The van der Waals surface area contributed by atoms with E-state index in [0.717, 1.165) is 52.8 Å². The molecule has 0 unspecified atom stereocenters. The van der Waals surface area contributed by atoms with Crippen LogP contribution in [0.4, 0.5) is 5.69 Å². The van der Waals surface area contributed by atoms with Crippen molar-refractivity contribution in [2.45, 2.75) is 39.2 Å². The van der Waals surface area contributed by atoms with Crippen LogP contribution in [0.15, 0.2) is 36.5 Å². The summed E-state index contributed by atoms with van der Waals surface area (Å²) in [7, 11) is 2.05. The lowest BCUT2D eigenvalue weighted by molar-refractivity contribution is -0.129. The average molecular weight is 412 g/mol. The second-order valence-corrected chi connectivity index (χ2v) is 8.12. The molecule has 1 aliphatic heterocycles. The molecule has 0 spiro atoms. The van der Waals surface area contributed by atoms with Gasteiger partial charge in [-0.1, -0.05) is 24.6 Å². The Morgan fingerprint density at radius 1 is 1.34 bits per heavy atom. The maximum atomic E-state index is 12.1. The van der Waals surface area contributed by atoms with E-state index in [9.17, 15) is 4.79 Å². The molecule has 1 aliphatic rings. The van der Waals surface area contributed by atoms with E-state index in [1.165, 1.54) is 0 Å². The molecule has 0 bridgehead atoms. The number of carbonyl (C=O) groups is 1. The molecule has 1 saturated heterocycles. The van der Waals surface area contributed by atoms with Crippen LogP contribution < -0.4 is 4.90 Å². The van der Waals surface area contributed by atoms with E-state index in [1.807, 2.05) is 66.8 Å². The molecule has 29 heavy (non-hydrogen) atoms. The third-order valence-electron chi connectivity index (χ3n) is 5.75. The second-order valence-electron chi connectivity index (χ2n) is 7.68. The van der Waals surface area contributed by atoms with E-state index >= 15 is 0 Å². The molecule has 1 atom stereocenters.